The molecule has 0 radical (unpaired) electrons. The number of methoxy groups -OCH3 is 2. The minimum atomic E-state index is -0.395. The number of carbonyl (C=O) groups is 1. The number of fused-ring (bicyclic) bond motifs is 1. The van der Waals surface area contributed by atoms with Gasteiger partial charge in [-0.05, 0) is 55.0 Å². The topological polar surface area (TPSA) is 73.9 Å². The highest BCUT2D eigenvalue weighted by Crippen LogP contribution is 2.39. The van der Waals surface area contributed by atoms with Crippen LogP contribution in [0.2, 0.25) is 0 Å². The van der Waals surface area contributed by atoms with E-state index in [-0.39, 0.29) is 0 Å². The van der Waals surface area contributed by atoms with Gasteiger partial charge in [-0.3, -0.25) is 4.79 Å². The Morgan fingerprint density at radius 1 is 1.21 bits per heavy atom. The summed E-state index contributed by atoms with van der Waals surface area (Å²) in [6, 6.07) is 5.57. The third-order valence-electron chi connectivity index (χ3n) is 4.14. The number of aryl methyl sites for hydroxylation is 1. The van der Waals surface area contributed by atoms with Crippen molar-refractivity contribution in [2.24, 2.45) is 10.7 Å². The van der Waals surface area contributed by atoms with Gasteiger partial charge in [-0.15, -0.1) is 11.3 Å². The van der Waals surface area contributed by atoms with Crippen molar-refractivity contribution in [2.75, 3.05) is 14.2 Å². The van der Waals surface area contributed by atoms with Crippen LogP contribution in [0.15, 0.2) is 23.2 Å². The average Bonchev–Trinajstić information content (AvgIpc) is 2.98. The zero-order valence-corrected chi connectivity index (χ0v) is 14.6. The number of benzene rings is 1. The second-order valence-corrected chi connectivity index (χ2v) is 6.71. The summed E-state index contributed by atoms with van der Waals surface area (Å²) in [7, 11) is 3.19. The first-order valence-electron chi connectivity index (χ1n) is 7.84. The largest absolute Gasteiger partial charge is 0.493 e. The van der Waals surface area contributed by atoms with Gasteiger partial charge < -0.3 is 15.2 Å². The molecule has 0 saturated carbocycles. The van der Waals surface area contributed by atoms with Crippen molar-refractivity contribution in [3.8, 4) is 11.5 Å². The zero-order chi connectivity index (χ0) is 17.1. The third kappa shape index (κ3) is 3.14. The predicted molar refractivity (Wildman–Crippen MR) is 96.3 cm³/mol. The number of hydrogen-bond acceptors (Lipinski definition) is 5. The van der Waals surface area contributed by atoms with Gasteiger partial charge in [-0.1, -0.05) is 0 Å². The fourth-order valence-corrected chi connectivity index (χ4v) is 4.20. The Hall–Kier alpha value is -2.34. The molecule has 6 heteroatoms. The summed E-state index contributed by atoms with van der Waals surface area (Å²) in [6.45, 7) is 0. The molecular weight excluding hydrogens is 324 g/mol. The number of nitrogens with two attached hydrogens (primary N) is 1. The number of aliphatic imine (C=N–C) groups is 1. The van der Waals surface area contributed by atoms with Crippen LogP contribution in [-0.4, -0.2) is 26.3 Å². The van der Waals surface area contributed by atoms with Crippen LogP contribution in [0.5, 0.6) is 11.5 Å². The van der Waals surface area contributed by atoms with E-state index in [1.807, 2.05) is 18.2 Å². The molecule has 1 amide bonds. The monoisotopic (exact) mass is 344 g/mol. The van der Waals surface area contributed by atoms with E-state index in [9.17, 15) is 4.79 Å². The standard InChI is InChI=1S/C18H20N2O3S/c1-22-13-8-7-11(9-14(13)23-2)10-20-18-16(17(19)21)12-5-3-4-6-15(12)24-18/h7-10H,3-6H2,1-2H3,(H2,19,21). The highest BCUT2D eigenvalue weighted by atomic mass is 32.1. The van der Waals surface area contributed by atoms with Crippen LogP contribution >= 0.6 is 11.3 Å². The molecule has 1 aromatic carbocycles. The molecule has 3 rings (SSSR count). The molecule has 1 aromatic heterocycles. The van der Waals surface area contributed by atoms with Gasteiger partial charge in [0, 0.05) is 11.1 Å². The lowest BCUT2D eigenvalue weighted by Crippen LogP contribution is -2.14. The number of thiophene rings is 1. The molecule has 1 aliphatic carbocycles. The van der Waals surface area contributed by atoms with Gasteiger partial charge in [0.05, 0.1) is 19.8 Å². The van der Waals surface area contributed by atoms with Crippen LogP contribution in [0, 0.1) is 0 Å². The highest BCUT2D eigenvalue weighted by molar-refractivity contribution is 7.16. The molecule has 0 fully saturated rings. The van der Waals surface area contributed by atoms with E-state index in [1.54, 1.807) is 31.8 Å². The minimum Gasteiger partial charge on any atom is -0.493 e. The van der Waals surface area contributed by atoms with Crippen molar-refractivity contribution < 1.29 is 14.3 Å². The Morgan fingerprint density at radius 2 is 1.96 bits per heavy atom. The number of amides is 1. The van der Waals surface area contributed by atoms with Gasteiger partial charge in [-0.25, -0.2) is 4.99 Å². The molecule has 0 spiro atoms. The van der Waals surface area contributed by atoms with Gasteiger partial charge >= 0.3 is 0 Å². The molecule has 24 heavy (non-hydrogen) atoms. The molecule has 1 heterocycles. The predicted octanol–water partition coefficient (Wildman–Crippen LogP) is 3.49. The van der Waals surface area contributed by atoms with E-state index in [0.717, 1.165) is 36.8 Å². The summed E-state index contributed by atoms with van der Waals surface area (Å²) in [4.78, 5) is 17.6. The quantitative estimate of drug-likeness (QED) is 0.844. The third-order valence-corrected chi connectivity index (χ3v) is 5.34. The molecular formula is C18H20N2O3S. The first kappa shape index (κ1) is 16.5. The van der Waals surface area contributed by atoms with Gasteiger partial charge in [0.1, 0.15) is 5.00 Å². The van der Waals surface area contributed by atoms with Crippen molar-refractivity contribution >= 4 is 28.5 Å². The Bertz CT molecular complexity index is 796. The van der Waals surface area contributed by atoms with Gasteiger partial charge in [0.15, 0.2) is 11.5 Å². The average molecular weight is 344 g/mol. The summed E-state index contributed by atoms with van der Waals surface area (Å²) in [6.07, 6.45) is 5.90. The first-order valence-corrected chi connectivity index (χ1v) is 8.66. The Balaban J connectivity index is 1.95. The molecule has 0 unspecified atom stereocenters. The Kier molecular flexibility index (Phi) is 4.85. The minimum absolute atomic E-state index is 0.395. The van der Waals surface area contributed by atoms with Gasteiger partial charge in [-0.2, -0.15) is 0 Å². The summed E-state index contributed by atoms with van der Waals surface area (Å²) < 4.78 is 10.5. The maximum Gasteiger partial charge on any atom is 0.252 e. The van der Waals surface area contributed by atoms with Crippen LogP contribution in [0.3, 0.4) is 0 Å². The maximum atomic E-state index is 11.9. The molecule has 0 aliphatic heterocycles. The van der Waals surface area contributed by atoms with Crippen molar-refractivity contribution in [1.29, 1.82) is 0 Å². The van der Waals surface area contributed by atoms with Crippen LogP contribution in [0.25, 0.3) is 0 Å². The van der Waals surface area contributed by atoms with Gasteiger partial charge in [0.2, 0.25) is 0 Å². The zero-order valence-electron chi connectivity index (χ0n) is 13.8. The van der Waals surface area contributed by atoms with E-state index in [1.165, 1.54) is 4.88 Å². The molecule has 0 bridgehead atoms. The van der Waals surface area contributed by atoms with E-state index in [2.05, 4.69) is 4.99 Å². The molecule has 1 aliphatic rings. The smallest absolute Gasteiger partial charge is 0.252 e. The van der Waals surface area contributed by atoms with Gasteiger partial charge in [0.25, 0.3) is 5.91 Å². The summed E-state index contributed by atoms with van der Waals surface area (Å²) in [5.41, 5.74) is 8.15. The SMILES string of the molecule is COc1ccc(C=Nc2sc3c(c2C(N)=O)CCCC3)cc1OC. The molecule has 0 saturated heterocycles. The fourth-order valence-electron chi connectivity index (χ4n) is 2.96. The van der Waals surface area contributed by atoms with Crippen molar-refractivity contribution in [2.45, 2.75) is 25.7 Å². The van der Waals surface area contributed by atoms with Crippen molar-refractivity contribution in [3.63, 3.8) is 0 Å². The van der Waals surface area contributed by atoms with Crippen molar-refractivity contribution in [1.82, 2.24) is 0 Å². The Morgan fingerprint density at radius 3 is 2.67 bits per heavy atom. The van der Waals surface area contributed by atoms with Crippen LogP contribution in [-0.2, 0) is 12.8 Å². The number of carbonyl (C=O) groups excluding carboxylic acids is 1. The lowest BCUT2D eigenvalue weighted by molar-refractivity contribution is 0.100. The number of ether oxygens (including phenoxy) is 2. The van der Waals surface area contributed by atoms with Crippen LogP contribution in [0.4, 0.5) is 5.00 Å². The lowest BCUT2D eigenvalue weighted by Gasteiger charge is -2.10. The maximum absolute atomic E-state index is 11.9. The van der Waals surface area contributed by atoms with E-state index >= 15 is 0 Å². The molecule has 5 nitrogen and oxygen atoms in total. The molecule has 0 atom stereocenters. The second kappa shape index (κ2) is 7.05. The number of primary amides is 1. The van der Waals surface area contributed by atoms with Crippen LogP contribution in [0.1, 0.15) is 39.2 Å². The summed E-state index contributed by atoms with van der Waals surface area (Å²) in [5, 5.41) is 0.698. The number of nitrogens with zero attached hydrogens (tertiary/aromatic N) is 1. The number of rotatable bonds is 5. The van der Waals surface area contributed by atoms with E-state index in [4.69, 9.17) is 15.2 Å². The molecule has 2 aromatic rings. The summed E-state index contributed by atoms with van der Waals surface area (Å²) >= 11 is 1.57. The fraction of sp³-hybridized carbons (Fsp3) is 0.333. The van der Waals surface area contributed by atoms with E-state index in [0.29, 0.717) is 22.1 Å². The normalized spacial score (nSPS) is 13.8. The van der Waals surface area contributed by atoms with E-state index < -0.39 is 5.91 Å². The lowest BCUT2D eigenvalue weighted by atomic mass is 9.95. The van der Waals surface area contributed by atoms with Crippen molar-refractivity contribution in [3.05, 3.63) is 39.8 Å². The summed E-state index contributed by atoms with van der Waals surface area (Å²) in [5.74, 6) is 0.912. The first-order chi connectivity index (χ1) is 11.6. The molecule has 2 N–H and O–H groups in total. The number of hydrogen-bond donors (Lipinski definition) is 1. The second-order valence-electron chi connectivity index (χ2n) is 5.63. The van der Waals surface area contributed by atoms with Crippen LogP contribution < -0.4 is 15.2 Å². The highest BCUT2D eigenvalue weighted by Gasteiger charge is 2.23. The molecule has 126 valence electrons. The Labute approximate surface area is 145 Å².